The van der Waals surface area contributed by atoms with Crippen molar-refractivity contribution >= 4 is 20.4 Å². The Labute approximate surface area is 100 Å². The van der Waals surface area contributed by atoms with Gasteiger partial charge in [0, 0.05) is 18.6 Å². The summed E-state index contributed by atoms with van der Waals surface area (Å²) >= 11 is 4.14. The predicted molar refractivity (Wildman–Crippen MR) is 58.7 cm³/mol. The fourth-order valence-corrected chi connectivity index (χ4v) is 0.978. The Kier molecular flexibility index (Phi) is 4.87. The zero-order valence-electron chi connectivity index (χ0n) is 8.62. The number of nitrogens with zero attached hydrogens (tertiary/aromatic N) is 1. The first-order chi connectivity index (χ1) is 7.38. The molecule has 9 heteroatoms. The maximum atomic E-state index is 9.87. The minimum Gasteiger partial charge on any atom is -0.205 e. The van der Waals surface area contributed by atoms with E-state index < -0.39 is 7.81 Å². The molecule has 0 aliphatic heterocycles. The largest absolute Gasteiger partial charge is 0.205 e. The maximum absolute atomic E-state index is 10.7. The zero-order chi connectivity index (χ0) is 13.6. The molecule has 0 fully saturated rings. The Hall–Kier alpha value is -0.490. The molecule has 1 nitrogen and oxygen atoms in total. The normalized spacial score (nSPS) is 15.2. The van der Waals surface area contributed by atoms with Crippen LogP contribution < -0.4 is 4.57 Å². The summed E-state index contributed by atoms with van der Waals surface area (Å²) in [5, 5.41) is 0. The number of hydrogen-bond donors (Lipinski definition) is 1. The Morgan fingerprint density at radius 1 is 0.882 bits per heavy atom. The molecule has 0 aliphatic rings. The molecule has 0 saturated carbocycles. The van der Waals surface area contributed by atoms with Crippen molar-refractivity contribution in [2.45, 2.75) is 13.0 Å². The first kappa shape index (κ1) is 16.5. The van der Waals surface area contributed by atoms with E-state index in [9.17, 15) is 25.2 Å². The molecule has 1 aromatic rings. The van der Waals surface area contributed by atoms with Gasteiger partial charge in [-0.2, -0.15) is 12.6 Å². The quantitative estimate of drug-likeness (QED) is 0.358. The average Bonchev–Trinajstić information content (AvgIpc) is 2.11. The van der Waals surface area contributed by atoms with Crippen molar-refractivity contribution in [2.75, 3.05) is 5.75 Å². The molecular weight excluding hydrogens is 287 g/mol. The molecule has 0 atom stereocenters. The third-order valence-electron chi connectivity index (χ3n) is 1.35. The number of aryl methyl sites for hydroxylation is 1. The molecule has 0 unspecified atom stereocenters. The first-order valence-electron chi connectivity index (χ1n) is 4.50. The van der Waals surface area contributed by atoms with Gasteiger partial charge in [0.25, 0.3) is 0 Å². The van der Waals surface area contributed by atoms with E-state index in [2.05, 4.69) is 29.6 Å². The maximum Gasteiger partial charge on any atom is 0.168 e. The molecule has 0 aliphatic carbocycles. The Bertz CT molecular complexity index is 325. The summed E-state index contributed by atoms with van der Waals surface area (Å²) in [5.74, 6) is 0.960. The molecule has 17 heavy (non-hydrogen) atoms. The third kappa shape index (κ3) is 21.4. The summed E-state index contributed by atoms with van der Waals surface area (Å²) in [6.45, 7) is 1.07. The van der Waals surface area contributed by atoms with Gasteiger partial charge in [0.05, 0.1) is 0 Å². The van der Waals surface area contributed by atoms with Crippen LogP contribution >= 0.6 is 20.4 Å². The molecule has 1 heterocycles. The smallest absolute Gasteiger partial charge is 0.168 e. The Balaban J connectivity index is 0.000000325. The van der Waals surface area contributed by atoms with E-state index in [1.807, 2.05) is 18.2 Å². The first-order valence-corrected chi connectivity index (χ1v) is 7.16. The van der Waals surface area contributed by atoms with E-state index in [1.165, 1.54) is 0 Å². The van der Waals surface area contributed by atoms with E-state index >= 15 is 0 Å². The van der Waals surface area contributed by atoms with Crippen molar-refractivity contribution in [2.24, 2.45) is 0 Å². The third-order valence-corrected chi connectivity index (χ3v) is 1.67. The standard InChI is InChI=1S/C8H11NS.F6P/c10-8-4-7-9-5-2-1-3-6-9;1-7(2,3,4,5)6/h1-3,5-6H,4,7-8H2;/q;-1/p+1. The summed E-state index contributed by atoms with van der Waals surface area (Å²) in [6.07, 6.45) is 5.28. The number of aromatic nitrogens is 1. The molecule has 0 saturated heterocycles. The molecule has 0 N–H and O–H groups in total. The second-order valence-corrected chi connectivity index (χ2v) is 5.51. The van der Waals surface area contributed by atoms with Crippen molar-refractivity contribution in [1.29, 1.82) is 0 Å². The topological polar surface area (TPSA) is 3.88 Å². The van der Waals surface area contributed by atoms with Crippen LogP contribution in [0.25, 0.3) is 0 Å². The van der Waals surface area contributed by atoms with Crippen LogP contribution in [-0.2, 0) is 6.54 Å². The van der Waals surface area contributed by atoms with Crippen LogP contribution in [0.5, 0.6) is 0 Å². The minimum atomic E-state index is -10.7. The van der Waals surface area contributed by atoms with E-state index in [0.29, 0.717) is 0 Å². The van der Waals surface area contributed by atoms with Crippen molar-refractivity contribution in [3.8, 4) is 0 Å². The zero-order valence-corrected chi connectivity index (χ0v) is 10.4. The van der Waals surface area contributed by atoms with E-state index in [0.717, 1.165) is 18.7 Å². The van der Waals surface area contributed by atoms with Crippen LogP contribution in [-0.4, -0.2) is 5.75 Å². The average molecular weight is 299 g/mol. The van der Waals surface area contributed by atoms with Crippen LogP contribution in [0.3, 0.4) is 0 Å². The van der Waals surface area contributed by atoms with Crippen molar-refractivity contribution in [3.63, 3.8) is 0 Å². The van der Waals surface area contributed by atoms with Gasteiger partial charge in [-0.05, 0) is 5.75 Å². The second-order valence-electron chi connectivity index (χ2n) is 3.15. The number of pyridine rings is 1. The summed E-state index contributed by atoms with van der Waals surface area (Å²) in [7, 11) is -10.7. The van der Waals surface area contributed by atoms with Crippen LogP contribution in [0.1, 0.15) is 6.42 Å². The monoisotopic (exact) mass is 299 g/mol. The van der Waals surface area contributed by atoms with Crippen LogP contribution in [0.4, 0.5) is 25.2 Å². The van der Waals surface area contributed by atoms with E-state index in [-0.39, 0.29) is 0 Å². The Morgan fingerprint density at radius 2 is 1.29 bits per heavy atom. The summed E-state index contributed by atoms with van der Waals surface area (Å²) in [4.78, 5) is 0. The molecule has 102 valence electrons. The predicted octanol–water partition coefficient (Wildman–Crippen LogP) is 4.68. The fourth-order valence-electron chi connectivity index (χ4n) is 0.837. The van der Waals surface area contributed by atoms with Gasteiger partial charge in [-0.15, -0.1) is 0 Å². The molecule has 0 spiro atoms. The van der Waals surface area contributed by atoms with E-state index in [4.69, 9.17) is 0 Å². The van der Waals surface area contributed by atoms with Crippen LogP contribution in [0.15, 0.2) is 30.6 Å². The van der Waals surface area contributed by atoms with E-state index in [1.54, 1.807) is 0 Å². The molecular formula is C8H12F6NPS. The van der Waals surface area contributed by atoms with Gasteiger partial charge >= 0.3 is 33.0 Å². The van der Waals surface area contributed by atoms with Crippen LogP contribution in [0, 0.1) is 0 Å². The van der Waals surface area contributed by atoms with Gasteiger partial charge < -0.3 is 0 Å². The molecule has 1 rings (SSSR count). The van der Waals surface area contributed by atoms with Gasteiger partial charge in [-0.25, -0.2) is 4.57 Å². The molecule has 0 amide bonds. The summed E-state index contributed by atoms with van der Waals surface area (Å²) in [6, 6.07) is 6.11. The van der Waals surface area contributed by atoms with Crippen molar-refractivity contribution in [3.05, 3.63) is 30.6 Å². The molecule has 0 aromatic carbocycles. The van der Waals surface area contributed by atoms with Gasteiger partial charge in [0.15, 0.2) is 12.4 Å². The second kappa shape index (κ2) is 5.02. The van der Waals surface area contributed by atoms with Gasteiger partial charge in [0.2, 0.25) is 0 Å². The molecule has 0 radical (unpaired) electrons. The van der Waals surface area contributed by atoms with Gasteiger partial charge in [-0.1, -0.05) is 6.07 Å². The van der Waals surface area contributed by atoms with Crippen molar-refractivity contribution < 1.29 is 29.7 Å². The number of thiol groups is 1. The number of halogens is 6. The molecule has 0 bridgehead atoms. The van der Waals surface area contributed by atoms with Crippen molar-refractivity contribution in [1.82, 2.24) is 0 Å². The van der Waals surface area contributed by atoms with Crippen LogP contribution in [0.2, 0.25) is 0 Å². The Morgan fingerprint density at radius 3 is 1.65 bits per heavy atom. The number of rotatable bonds is 3. The number of hydrogen-bond acceptors (Lipinski definition) is 1. The SMILES string of the molecule is F[P-](F)(F)(F)(F)F.SCCC[n+]1ccccc1. The molecule has 1 aromatic heterocycles. The van der Waals surface area contributed by atoms with Gasteiger partial charge in [0.1, 0.15) is 6.54 Å². The summed E-state index contributed by atoms with van der Waals surface area (Å²) < 4.78 is 61.4. The van der Waals surface area contributed by atoms with Gasteiger partial charge in [-0.3, -0.25) is 0 Å². The minimum absolute atomic E-state index is 0.960. The summed E-state index contributed by atoms with van der Waals surface area (Å²) in [5.41, 5.74) is 0. The fraction of sp³-hybridized carbons (Fsp3) is 0.375.